The molecular formula is C15H31N3O2. The monoisotopic (exact) mass is 285 g/mol. The number of likely N-dealkylation sites (tertiary alicyclic amines) is 1. The molecule has 0 aromatic rings. The average Bonchev–Trinajstić information content (AvgIpc) is 2.93. The van der Waals surface area contributed by atoms with Crippen molar-refractivity contribution in [2.75, 3.05) is 52.9 Å². The van der Waals surface area contributed by atoms with Crippen molar-refractivity contribution < 1.29 is 9.53 Å². The molecule has 5 heteroatoms. The van der Waals surface area contributed by atoms with E-state index in [0.717, 1.165) is 58.7 Å². The molecule has 1 atom stereocenters. The molecule has 1 aliphatic heterocycles. The van der Waals surface area contributed by atoms with Gasteiger partial charge in [0.05, 0.1) is 12.7 Å². The van der Waals surface area contributed by atoms with Gasteiger partial charge in [0.1, 0.15) is 0 Å². The molecule has 1 saturated heterocycles. The molecule has 1 rings (SSSR count). The van der Waals surface area contributed by atoms with Gasteiger partial charge in [-0.3, -0.25) is 4.79 Å². The summed E-state index contributed by atoms with van der Waals surface area (Å²) in [6.45, 7) is 10.8. The van der Waals surface area contributed by atoms with E-state index in [4.69, 9.17) is 4.74 Å². The van der Waals surface area contributed by atoms with Crippen molar-refractivity contribution >= 4 is 5.91 Å². The highest BCUT2D eigenvalue weighted by atomic mass is 16.5. The third-order valence-electron chi connectivity index (χ3n) is 3.97. The third kappa shape index (κ3) is 6.20. The van der Waals surface area contributed by atoms with Crippen molar-refractivity contribution in [2.45, 2.75) is 39.2 Å². The maximum Gasteiger partial charge on any atom is 0.222 e. The van der Waals surface area contributed by atoms with E-state index in [9.17, 15) is 4.79 Å². The molecule has 118 valence electrons. The van der Waals surface area contributed by atoms with Crippen molar-refractivity contribution in [2.24, 2.45) is 0 Å². The Morgan fingerprint density at radius 2 is 2.15 bits per heavy atom. The van der Waals surface area contributed by atoms with E-state index < -0.39 is 0 Å². The maximum absolute atomic E-state index is 12.0. The number of likely N-dealkylation sites (N-methyl/N-ethyl adjacent to an activating group) is 1. The zero-order chi connectivity index (χ0) is 14.8. The molecular weight excluding hydrogens is 254 g/mol. The fraction of sp³-hybridized carbons (Fsp3) is 0.933. The summed E-state index contributed by atoms with van der Waals surface area (Å²) < 4.78 is 5.90. The minimum Gasteiger partial charge on any atom is -0.375 e. The van der Waals surface area contributed by atoms with E-state index in [1.165, 1.54) is 0 Å². The zero-order valence-corrected chi connectivity index (χ0v) is 13.4. The lowest BCUT2D eigenvalue weighted by molar-refractivity contribution is -0.130. The van der Waals surface area contributed by atoms with Gasteiger partial charge in [0.25, 0.3) is 0 Å². The van der Waals surface area contributed by atoms with E-state index in [2.05, 4.69) is 24.1 Å². The normalized spacial score (nSPS) is 19.0. The number of hydrogen-bond donors (Lipinski definition) is 1. The molecule has 1 heterocycles. The fourth-order valence-electron chi connectivity index (χ4n) is 2.55. The minimum atomic E-state index is 0.235. The van der Waals surface area contributed by atoms with E-state index in [-0.39, 0.29) is 12.0 Å². The van der Waals surface area contributed by atoms with E-state index >= 15 is 0 Å². The molecule has 0 saturated carbocycles. The fourth-order valence-corrected chi connectivity index (χ4v) is 2.55. The molecule has 5 nitrogen and oxygen atoms in total. The van der Waals surface area contributed by atoms with Crippen LogP contribution in [-0.2, 0) is 9.53 Å². The number of ether oxygens (including phenoxy) is 1. The predicted molar refractivity (Wildman–Crippen MR) is 81.9 cm³/mol. The predicted octanol–water partition coefficient (Wildman–Crippen LogP) is 0.945. The zero-order valence-electron chi connectivity index (χ0n) is 13.4. The number of amides is 1. The highest BCUT2D eigenvalue weighted by molar-refractivity contribution is 5.76. The molecule has 20 heavy (non-hydrogen) atoms. The Balaban J connectivity index is 2.14. The van der Waals surface area contributed by atoms with E-state index in [0.29, 0.717) is 6.42 Å². The number of carbonyl (C=O) groups is 1. The first kappa shape index (κ1) is 17.4. The highest BCUT2D eigenvalue weighted by Crippen LogP contribution is 2.14. The van der Waals surface area contributed by atoms with Crippen molar-refractivity contribution in [3.8, 4) is 0 Å². The van der Waals surface area contributed by atoms with Gasteiger partial charge in [0.2, 0.25) is 5.91 Å². The van der Waals surface area contributed by atoms with Crippen molar-refractivity contribution in [1.82, 2.24) is 15.1 Å². The van der Waals surface area contributed by atoms with Gasteiger partial charge in [-0.1, -0.05) is 13.8 Å². The first-order valence-electron chi connectivity index (χ1n) is 7.97. The standard InChI is InChI=1S/C15H31N3O2/c1-4-17(5-2)11-12-20-14-8-10-18(13-14)15(19)7-6-9-16-3/h14,16H,4-13H2,1-3H3. The molecule has 1 aliphatic rings. The molecule has 0 aromatic heterocycles. The van der Waals surface area contributed by atoms with Gasteiger partial charge in [0, 0.05) is 26.1 Å². The smallest absolute Gasteiger partial charge is 0.222 e. The van der Waals surface area contributed by atoms with Crippen LogP contribution >= 0.6 is 0 Å². The summed E-state index contributed by atoms with van der Waals surface area (Å²) in [5.41, 5.74) is 0. The summed E-state index contributed by atoms with van der Waals surface area (Å²) in [5.74, 6) is 0.273. The lowest BCUT2D eigenvalue weighted by Gasteiger charge is -2.20. The van der Waals surface area contributed by atoms with Crippen molar-refractivity contribution in [3.63, 3.8) is 0 Å². The van der Waals surface area contributed by atoms with Crippen molar-refractivity contribution in [1.29, 1.82) is 0 Å². The number of hydrogen-bond acceptors (Lipinski definition) is 4. The quantitative estimate of drug-likeness (QED) is 0.607. The second-order valence-electron chi connectivity index (χ2n) is 5.36. The largest absolute Gasteiger partial charge is 0.375 e. The number of carbonyl (C=O) groups excluding carboxylic acids is 1. The van der Waals surface area contributed by atoms with Gasteiger partial charge in [-0.15, -0.1) is 0 Å². The maximum atomic E-state index is 12.0. The van der Waals surface area contributed by atoms with Crippen LogP contribution in [0.4, 0.5) is 0 Å². The molecule has 1 N–H and O–H groups in total. The molecule has 0 aliphatic carbocycles. The van der Waals surface area contributed by atoms with Crippen LogP contribution in [0.1, 0.15) is 33.1 Å². The van der Waals surface area contributed by atoms with E-state index in [1.54, 1.807) is 0 Å². The van der Waals surface area contributed by atoms with Crippen molar-refractivity contribution in [3.05, 3.63) is 0 Å². The molecule has 0 aromatic carbocycles. The summed E-state index contributed by atoms with van der Waals surface area (Å²) in [7, 11) is 1.92. The lowest BCUT2D eigenvalue weighted by Crippen LogP contribution is -2.32. The first-order valence-corrected chi connectivity index (χ1v) is 7.97. The Morgan fingerprint density at radius 1 is 1.40 bits per heavy atom. The topological polar surface area (TPSA) is 44.8 Å². The van der Waals surface area contributed by atoms with Gasteiger partial charge in [-0.25, -0.2) is 0 Å². The van der Waals surface area contributed by atoms with Gasteiger partial charge in [-0.05, 0) is 39.5 Å². The van der Waals surface area contributed by atoms with Gasteiger partial charge in [-0.2, -0.15) is 0 Å². The SMILES string of the molecule is CCN(CC)CCOC1CCN(C(=O)CCCNC)C1. The Morgan fingerprint density at radius 3 is 2.80 bits per heavy atom. The van der Waals surface area contributed by atoms with Crippen LogP contribution < -0.4 is 5.32 Å². The lowest BCUT2D eigenvalue weighted by atomic mass is 10.3. The summed E-state index contributed by atoms with van der Waals surface area (Å²) in [4.78, 5) is 16.3. The first-order chi connectivity index (χ1) is 9.71. The van der Waals surface area contributed by atoms with Crippen LogP contribution in [0.15, 0.2) is 0 Å². The third-order valence-corrected chi connectivity index (χ3v) is 3.97. The van der Waals surface area contributed by atoms with Crippen LogP contribution in [0, 0.1) is 0 Å². The summed E-state index contributed by atoms with van der Waals surface area (Å²) in [6, 6.07) is 0. The summed E-state index contributed by atoms with van der Waals surface area (Å²) >= 11 is 0. The Hall–Kier alpha value is -0.650. The van der Waals surface area contributed by atoms with Crippen LogP contribution in [-0.4, -0.2) is 74.7 Å². The van der Waals surface area contributed by atoms with Crippen LogP contribution in [0.25, 0.3) is 0 Å². The average molecular weight is 285 g/mol. The number of rotatable bonds is 10. The Bertz CT molecular complexity index is 270. The second kappa shape index (κ2) is 10.1. The molecule has 1 fully saturated rings. The van der Waals surface area contributed by atoms with Crippen LogP contribution in [0.2, 0.25) is 0 Å². The summed E-state index contributed by atoms with van der Waals surface area (Å²) in [6.07, 6.45) is 2.78. The van der Waals surface area contributed by atoms with Gasteiger partial charge < -0.3 is 19.9 Å². The molecule has 0 bridgehead atoms. The Labute approximate surface area is 123 Å². The van der Waals surface area contributed by atoms with Crippen LogP contribution in [0.3, 0.4) is 0 Å². The summed E-state index contributed by atoms with van der Waals surface area (Å²) in [5, 5.41) is 3.07. The van der Waals surface area contributed by atoms with Crippen LogP contribution in [0.5, 0.6) is 0 Å². The second-order valence-corrected chi connectivity index (χ2v) is 5.36. The highest BCUT2D eigenvalue weighted by Gasteiger charge is 2.26. The molecule has 0 spiro atoms. The Kier molecular flexibility index (Phi) is 8.82. The van der Waals surface area contributed by atoms with E-state index in [1.807, 2.05) is 11.9 Å². The number of nitrogens with zero attached hydrogens (tertiary/aromatic N) is 2. The minimum absolute atomic E-state index is 0.235. The number of nitrogens with one attached hydrogen (secondary N) is 1. The molecule has 1 amide bonds. The van der Waals surface area contributed by atoms with Gasteiger partial charge >= 0.3 is 0 Å². The van der Waals surface area contributed by atoms with Gasteiger partial charge in [0.15, 0.2) is 0 Å². The molecule has 1 unspecified atom stereocenters. The molecule has 0 radical (unpaired) electrons.